The van der Waals surface area contributed by atoms with Gasteiger partial charge in [-0.3, -0.25) is 0 Å². The Kier molecular flexibility index (Phi) is 4.71. The Labute approximate surface area is 100 Å². The highest BCUT2D eigenvalue weighted by atomic mass is 35.5. The predicted octanol–water partition coefficient (Wildman–Crippen LogP) is 3.36. The Morgan fingerprint density at radius 3 is 2.53 bits per heavy atom. The molecule has 0 fully saturated rings. The van der Waals surface area contributed by atoms with E-state index in [9.17, 15) is 0 Å². The van der Waals surface area contributed by atoms with Gasteiger partial charge in [0.2, 0.25) is 0 Å². The van der Waals surface area contributed by atoms with E-state index in [1.54, 1.807) is 18.2 Å². The van der Waals surface area contributed by atoms with Crippen LogP contribution in [0.15, 0.2) is 18.2 Å². The first-order chi connectivity index (χ1) is 7.00. The number of rotatable bonds is 4. The molecule has 0 aromatic heterocycles. The monoisotopic (exact) mass is 247 g/mol. The summed E-state index contributed by atoms with van der Waals surface area (Å²) in [5, 5.41) is 1.11. The van der Waals surface area contributed by atoms with Crippen molar-refractivity contribution in [3.63, 3.8) is 0 Å². The first-order valence-electron chi connectivity index (χ1n) is 4.84. The highest BCUT2D eigenvalue weighted by molar-refractivity contribution is 6.35. The second-order valence-corrected chi connectivity index (χ2v) is 4.64. The third-order valence-electron chi connectivity index (χ3n) is 2.18. The molecule has 0 radical (unpaired) electrons. The summed E-state index contributed by atoms with van der Waals surface area (Å²) in [6.07, 6.45) is 0. The predicted molar refractivity (Wildman–Crippen MR) is 64.8 cm³/mol. The molecule has 0 aliphatic carbocycles. The third-order valence-corrected chi connectivity index (χ3v) is 2.71. The second-order valence-electron chi connectivity index (χ2n) is 3.79. The van der Waals surface area contributed by atoms with E-state index in [1.165, 1.54) is 0 Å². The molecule has 84 valence electrons. The van der Waals surface area contributed by atoms with Crippen molar-refractivity contribution in [1.82, 2.24) is 0 Å². The van der Waals surface area contributed by atoms with E-state index in [2.05, 4.69) is 13.8 Å². The smallest absolute Gasteiger partial charge is 0.138 e. The van der Waals surface area contributed by atoms with E-state index in [4.69, 9.17) is 33.7 Å². The maximum Gasteiger partial charge on any atom is 0.138 e. The molecular formula is C11H15Cl2NO. The fourth-order valence-electron chi connectivity index (χ4n) is 0.971. The average molecular weight is 248 g/mol. The van der Waals surface area contributed by atoms with Crippen LogP contribution >= 0.6 is 23.2 Å². The van der Waals surface area contributed by atoms with Crippen LogP contribution in [0.25, 0.3) is 0 Å². The summed E-state index contributed by atoms with van der Waals surface area (Å²) in [6.45, 7) is 4.56. The van der Waals surface area contributed by atoms with Crippen molar-refractivity contribution in [1.29, 1.82) is 0 Å². The molecule has 15 heavy (non-hydrogen) atoms. The summed E-state index contributed by atoms with van der Waals surface area (Å²) in [5.74, 6) is 1.01. The standard InChI is InChI=1S/C11H15Cl2NO/c1-7(2)10(14)6-15-11-4-3-8(12)5-9(11)13/h3-5,7,10H,6,14H2,1-2H3/t10-/m1/s1. The van der Waals surface area contributed by atoms with Crippen molar-refractivity contribution in [3.8, 4) is 5.75 Å². The Morgan fingerprint density at radius 1 is 1.33 bits per heavy atom. The molecule has 0 saturated heterocycles. The van der Waals surface area contributed by atoms with Crippen LogP contribution in [-0.2, 0) is 0 Å². The zero-order valence-corrected chi connectivity index (χ0v) is 10.3. The van der Waals surface area contributed by atoms with Gasteiger partial charge in [0.05, 0.1) is 5.02 Å². The number of halogens is 2. The molecule has 0 aliphatic heterocycles. The minimum atomic E-state index is 0.0109. The van der Waals surface area contributed by atoms with Crippen molar-refractivity contribution >= 4 is 23.2 Å². The Hall–Kier alpha value is -0.440. The van der Waals surface area contributed by atoms with Gasteiger partial charge in [-0.15, -0.1) is 0 Å². The van der Waals surface area contributed by atoms with Crippen molar-refractivity contribution in [3.05, 3.63) is 28.2 Å². The number of hydrogen-bond donors (Lipinski definition) is 1. The molecule has 0 aliphatic rings. The molecular weight excluding hydrogens is 233 g/mol. The highest BCUT2D eigenvalue weighted by Crippen LogP contribution is 2.27. The van der Waals surface area contributed by atoms with Gasteiger partial charge < -0.3 is 10.5 Å². The summed E-state index contributed by atoms with van der Waals surface area (Å²) in [4.78, 5) is 0. The largest absolute Gasteiger partial charge is 0.490 e. The molecule has 0 amide bonds. The molecule has 0 heterocycles. The lowest BCUT2D eigenvalue weighted by Crippen LogP contribution is -2.33. The van der Waals surface area contributed by atoms with Gasteiger partial charge in [0.1, 0.15) is 12.4 Å². The van der Waals surface area contributed by atoms with Gasteiger partial charge in [0, 0.05) is 11.1 Å². The van der Waals surface area contributed by atoms with Gasteiger partial charge in [0.15, 0.2) is 0 Å². The van der Waals surface area contributed by atoms with Gasteiger partial charge in [0.25, 0.3) is 0 Å². The maximum atomic E-state index is 5.94. The summed E-state index contributed by atoms with van der Waals surface area (Å²) in [6, 6.07) is 5.15. The normalized spacial score (nSPS) is 12.9. The molecule has 0 spiro atoms. The van der Waals surface area contributed by atoms with E-state index < -0.39 is 0 Å². The SMILES string of the molecule is CC(C)[C@H](N)COc1ccc(Cl)cc1Cl. The van der Waals surface area contributed by atoms with Crippen LogP contribution in [0.1, 0.15) is 13.8 Å². The van der Waals surface area contributed by atoms with Gasteiger partial charge in [-0.2, -0.15) is 0 Å². The molecule has 0 saturated carbocycles. The van der Waals surface area contributed by atoms with Crippen LogP contribution < -0.4 is 10.5 Å². The topological polar surface area (TPSA) is 35.2 Å². The summed E-state index contributed by atoms with van der Waals surface area (Å²) < 4.78 is 5.50. The lowest BCUT2D eigenvalue weighted by molar-refractivity contribution is 0.260. The molecule has 0 unspecified atom stereocenters. The van der Waals surface area contributed by atoms with Crippen molar-refractivity contribution < 1.29 is 4.74 Å². The minimum absolute atomic E-state index is 0.0109. The lowest BCUT2D eigenvalue weighted by atomic mass is 10.1. The summed E-state index contributed by atoms with van der Waals surface area (Å²) in [5.41, 5.74) is 5.85. The van der Waals surface area contributed by atoms with Gasteiger partial charge in [-0.25, -0.2) is 0 Å². The second kappa shape index (κ2) is 5.59. The molecule has 4 heteroatoms. The number of benzene rings is 1. The van der Waals surface area contributed by atoms with Gasteiger partial charge >= 0.3 is 0 Å². The van der Waals surface area contributed by atoms with E-state index in [0.29, 0.717) is 28.3 Å². The Bertz CT molecular complexity index is 328. The molecule has 1 aromatic carbocycles. The zero-order valence-electron chi connectivity index (χ0n) is 8.84. The number of nitrogens with two attached hydrogens (primary N) is 1. The number of hydrogen-bond acceptors (Lipinski definition) is 2. The Morgan fingerprint density at radius 2 is 2.00 bits per heavy atom. The molecule has 1 aromatic rings. The Balaban J connectivity index is 2.58. The third kappa shape index (κ3) is 3.90. The molecule has 1 atom stereocenters. The molecule has 2 N–H and O–H groups in total. The van der Waals surface area contributed by atoms with E-state index in [-0.39, 0.29) is 6.04 Å². The van der Waals surface area contributed by atoms with Gasteiger partial charge in [-0.1, -0.05) is 37.0 Å². The van der Waals surface area contributed by atoms with Gasteiger partial charge in [-0.05, 0) is 24.1 Å². The van der Waals surface area contributed by atoms with E-state index in [0.717, 1.165) is 0 Å². The molecule has 2 nitrogen and oxygen atoms in total. The zero-order chi connectivity index (χ0) is 11.4. The summed E-state index contributed by atoms with van der Waals surface area (Å²) in [7, 11) is 0. The first kappa shape index (κ1) is 12.6. The van der Waals surface area contributed by atoms with E-state index >= 15 is 0 Å². The highest BCUT2D eigenvalue weighted by Gasteiger charge is 2.09. The minimum Gasteiger partial charge on any atom is -0.490 e. The van der Waals surface area contributed by atoms with Crippen LogP contribution in [0.3, 0.4) is 0 Å². The van der Waals surface area contributed by atoms with Crippen molar-refractivity contribution in [2.24, 2.45) is 11.7 Å². The van der Waals surface area contributed by atoms with Crippen molar-refractivity contribution in [2.45, 2.75) is 19.9 Å². The maximum absolute atomic E-state index is 5.94. The molecule has 0 bridgehead atoms. The lowest BCUT2D eigenvalue weighted by Gasteiger charge is -2.16. The number of ether oxygens (including phenoxy) is 1. The van der Waals surface area contributed by atoms with Crippen LogP contribution in [0.2, 0.25) is 10.0 Å². The first-order valence-corrected chi connectivity index (χ1v) is 5.59. The van der Waals surface area contributed by atoms with Crippen LogP contribution in [0, 0.1) is 5.92 Å². The average Bonchev–Trinajstić information content (AvgIpc) is 2.15. The molecule has 1 rings (SSSR count). The fourth-order valence-corrected chi connectivity index (χ4v) is 1.43. The summed E-state index contributed by atoms with van der Waals surface area (Å²) >= 11 is 11.7. The van der Waals surface area contributed by atoms with E-state index in [1.807, 2.05) is 0 Å². The quantitative estimate of drug-likeness (QED) is 0.886. The van der Waals surface area contributed by atoms with Crippen LogP contribution in [-0.4, -0.2) is 12.6 Å². The van der Waals surface area contributed by atoms with Crippen LogP contribution in [0.4, 0.5) is 0 Å². The fraction of sp³-hybridized carbons (Fsp3) is 0.455. The van der Waals surface area contributed by atoms with Crippen molar-refractivity contribution in [2.75, 3.05) is 6.61 Å². The van der Waals surface area contributed by atoms with Crippen LogP contribution in [0.5, 0.6) is 5.75 Å².